The van der Waals surface area contributed by atoms with Crippen molar-refractivity contribution >= 4 is 39.5 Å². The van der Waals surface area contributed by atoms with E-state index in [1.807, 2.05) is 6.92 Å². The molecule has 0 aliphatic carbocycles. The number of piperazine rings is 1. The molecule has 3 rings (SSSR count). The van der Waals surface area contributed by atoms with E-state index >= 15 is 0 Å². The number of hydrogen-bond acceptors (Lipinski definition) is 6. The van der Waals surface area contributed by atoms with Gasteiger partial charge in [0.1, 0.15) is 12.1 Å². The van der Waals surface area contributed by atoms with Crippen molar-refractivity contribution in [2.24, 2.45) is 0 Å². The molecule has 12 heteroatoms. The van der Waals surface area contributed by atoms with Crippen molar-refractivity contribution in [2.75, 3.05) is 38.1 Å². The van der Waals surface area contributed by atoms with Crippen LogP contribution in [-0.4, -0.2) is 80.1 Å². The first kappa shape index (κ1) is 24.7. The third-order valence-corrected chi connectivity index (χ3v) is 6.56. The summed E-state index contributed by atoms with van der Waals surface area (Å²) in [5.41, 5.74) is 2.01. The molecule has 1 N–H and O–H groups in total. The van der Waals surface area contributed by atoms with Crippen LogP contribution in [0.2, 0.25) is 0 Å². The number of carbonyl (C=O) groups is 3. The highest BCUT2D eigenvalue weighted by atomic mass is 79.9. The number of hydrogen-bond donors (Lipinski definition) is 1. The number of aryl methyl sites for hydroxylation is 1. The second kappa shape index (κ2) is 10.4. The lowest BCUT2D eigenvalue weighted by Gasteiger charge is -2.35. The topological polar surface area (TPSA) is 115 Å². The molecule has 2 aromatic heterocycles. The summed E-state index contributed by atoms with van der Waals surface area (Å²) in [5.74, 6) is -0.324. The largest absolute Gasteiger partial charge is 0.450 e. The van der Waals surface area contributed by atoms with Gasteiger partial charge in [0.05, 0.1) is 34.4 Å². The number of rotatable bonds is 6. The normalized spacial score (nSPS) is 15.8. The molecule has 180 valence electrons. The van der Waals surface area contributed by atoms with Gasteiger partial charge in [0.15, 0.2) is 0 Å². The van der Waals surface area contributed by atoms with Crippen molar-refractivity contribution in [1.29, 1.82) is 0 Å². The quantitative estimate of drug-likeness (QED) is 0.621. The summed E-state index contributed by atoms with van der Waals surface area (Å²) in [6.45, 7) is 11.0. The van der Waals surface area contributed by atoms with E-state index in [0.717, 1.165) is 10.2 Å². The molecule has 2 unspecified atom stereocenters. The monoisotopic (exact) mass is 523 g/mol. The number of ether oxygens (including phenoxy) is 1. The number of amides is 3. The summed E-state index contributed by atoms with van der Waals surface area (Å²) >= 11 is 3.40. The second-order valence-electron chi connectivity index (χ2n) is 7.98. The molecule has 0 saturated carbocycles. The van der Waals surface area contributed by atoms with Crippen LogP contribution in [0.1, 0.15) is 44.2 Å². The van der Waals surface area contributed by atoms with Gasteiger partial charge in [-0.2, -0.15) is 10.2 Å². The number of anilines is 1. The molecule has 3 heterocycles. The van der Waals surface area contributed by atoms with Gasteiger partial charge in [-0.05, 0) is 50.5 Å². The molecular weight excluding hydrogens is 494 g/mol. The molecule has 0 bridgehead atoms. The predicted octanol–water partition coefficient (Wildman–Crippen LogP) is 2.52. The van der Waals surface area contributed by atoms with Gasteiger partial charge in [0.2, 0.25) is 11.8 Å². The van der Waals surface area contributed by atoms with E-state index in [9.17, 15) is 14.4 Å². The van der Waals surface area contributed by atoms with E-state index in [1.54, 1.807) is 59.3 Å². The Labute approximate surface area is 201 Å². The van der Waals surface area contributed by atoms with Crippen molar-refractivity contribution in [2.45, 2.75) is 46.7 Å². The van der Waals surface area contributed by atoms with Gasteiger partial charge >= 0.3 is 6.09 Å². The fourth-order valence-electron chi connectivity index (χ4n) is 3.65. The zero-order valence-corrected chi connectivity index (χ0v) is 21.1. The maximum absolute atomic E-state index is 13.0. The molecule has 11 nitrogen and oxygen atoms in total. The van der Waals surface area contributed by atoms with Crippen LogP contribution in [0.15, 0.2) is 16.9 Å². The second-order valence-corrected chi connectivity index (χ2v) is 8.84. The molecule has 3 amide bonds. The fraction of sp³-hybridized carbons (Fsp3) is 0.571. The van der Waals surface area contributed by atoms with E-state index in [4.69, 9.17) is 4.74 Å². The molecule has 1 aliphatic heterocycles. The van der Waals surface area contributed by atoms with Gasteiger partial charge in [-0.25, -0.2) is 4.79 Å². The van der Waals surface area contributed by atoms with E-state index in [2.05, 4.69) is 31.4 Å². The van der Waals surface area contributed by atoms with Crippen LogP contribution >= 0.6 is 15.9 Å². The highest BCUT2D eigenvalue weighted by molar-refractivity contribution is 9.10. The Kier molecular flexibility index (Phi) is 7.77. The van der Waals surface area contributed by atoms with Crippen LogP contribution in [0.25, 0.3) is 0 Å². The first-order valence-corrected chi connectivity index (χ1v) is 11.7. The SMILES string of the molecule is CCOC(=O)N1CCN(C(=O)C(C)n2cc(NC(=O)C(C)n3ncc(Br)c3C)c(C)n2)CC1. The van der Waals surface area contributed by atoms with E-state index in [1.165, 1.54) is 0 Å². The first-order chi connectivity index (χ1) is 15.6. The Morgan fingerprint density at radius 3 is 2.33 bits per heavy atom. The molecule has 0 radical (unpaired) electrons. The fourth-order valence-corrected chi connectivity index (χ4v) is 3.92. The molecule has 0 aromatic carbocycles. The average molecular weight is 524 g/mol. The van der Waals surface area contributed by atoms with E-state index in [-0.39, 0.29) is 17.9 Å². The Morgan fingerprint density at radius 1 is 1.12 bits per heavy atom. The lowest BCUT2D eigenvalue weighted by atomic mass is 10.2. The van der Waals surface area contributed by atoms with Crippen molar-refractivity contribution in [3.05, 3.63) is 28.3 Å². The lowest BCUT2D eigenvalue weighted by Crippen LogP contribution is -2.52. The van der Waals surface area contributed by atoms with Crippen LogP contribution in [0.4, 0.5) is 10.5 Å². The summed E-state index contributed by atoms with van der Waals surface area (Å²) in [4.78, 5) is 41.0. The molecule has 1 fully saturated rings. The Bertz CT molecular complexity index is 1030. The smallest absolute Gasteiger partial charge is 0.409 e. The van der Waals surface area contributed by atoms with Crippen LogP contribution in [-0.2, 0) is 14.3 Å². The zero-order chi connectivity index (χ0) is 24.3. The van der Waals surface area contributed by atoms with Gasteiger partial charge in [-0.15, -0.1) is 0 Å². The van der Waals surface area contributed by atoms with Gasteiger partial charge in [0.25, 0.3) is 0 Å². The molecule has 0 spiro atoms. The maximum Gasteiger partial charge on any atom is 0.409 e. The number of halogens is 1. The van der Waals surface area contributed by atoms with Crippen molar-refractivity contribution in [1.82, 2.24) is 29.4 Å². The Hall–Kier alpha value is -2.89. The average Bonchev–Trinajstić information content (AvgIpc) is 3.34. The summed E-state index contributed by atoms with van der Waals surface area (Å²) in [6.07, 6.45) is 2.97. The minimum Gasteiger partial charge on any atom is -0.450 e. The maximum atomic E-state index is 13.0. The van der Waals surface area contributed by atoms with Gasteiger partial charge < -0.3 is 19.9 Å². The van der Waals surface area contributed by atoms with Crippen LogP contribution in [0.3, 0.4) is 0 Å². The Balaban J connectivity index is 1.62. The molecular formula is C21H30BrN7O4. The zero-order valence-electron chi connectivity index (χ0n) is 19.5. The van der Waals surface area contributed by atoms with Crippen LogP contribution in [0, 0.1) is 13.8 Å². The summed E-state index contributed by atoms with van der Waals surface area (Å²) in [7, 11) is 0. The Morgan fingerprint density at radius 2 is 1.76 bits per heavy atom. The number of carbonyl (C=O) groups excluding carboxylic acids is 3. The van der Waals surface area contributed by atoms with Crippen molar-refractivity contribution < 1.29 is 19.1 Å². The van der Waals surface area contributed by atoms with E-state index < -0.39 is 12.1 Å². The van der Waals surface area contributed by atoms with Crippen molar-refractivity contribution in [3.8, 4) is 0 Å². The molecule has 2 aromatic rings. The van der Waals surface area contributed by atoms with Crippen LogP contribution in [0.5, 0.6) is 0 Å². The lowest BCUT2D eigenvalue weighted by molar-refractivity contribution is -0.136. The van der Waals surface area contributed by atoms with Gasteiger partial charge in [-0.3, -0.25) is 19.0 Å². The third-order valence-electron chi connectivity index (χ3n) is 5.78. The molecule has 33 heavy (non-hydrogen) atoms. The van der Waals surface area contributed by atoms with E-state index in [0.29, 0.717) is 44.2 Å². The molecule has 1 saturated heterocycles. The minimum atomic E-state index is -0.551. The third kappa shape index (κ3) is 5.37. The number of aromatic nitrogens is 4. The first-order valence-electron chi connectivity index (χ1n) is 10.9. The summed E-state index contributed by atoms with van der Waals surface area (Å²) in [5, 5.41) is 11.6. The minimum absolute atomic E-state index is 0.0933. The number of nitrogens with zero attached hydrogens (tertiary/aromatic N) is 6. The van der Waals surface area contributed by atoms with Crippen molar-refractivity contribution in [3.63, 3.8) is 0 Å². The van der Waals surface area contributed by atoms with Crippen LogP contribution < -0.4 is 5.32 Å². The highest BCUT2D eigenvalue weighted by Gasteiger charge is 2.29. The molecule has 1 aliphatic rings. The standard InChI is InChI=1S/C21H30BrN7O4/c1-6-33-21(32)27-9-7-26(8-10-27)20(31)16(5)28-12-18(13(2)25-28)24-19(30)15(4)29-14(3)17(22)11-23-29/h11-12,15-16H,6-10H2,1-5H3,(H,24,30). The van der Waals surface area contributed by atoms with Gasteiger partial charge in [-0.1, -0.05) is 0 Å². The number of nitrogens with one attached hydrogen (secondary N) is 1. The highest BCUT2D eigenvalue weighted by Crippen LogP contribution is 2.22. The predicted molar refractivity (Wildman–Crippen MR) is 125 cm³/mol. The van der Waals surface area contributed by atoms with Gasteiger partial charge in [0, 0.05) is 32.4 Å². The summed E-state index contributed by atoms with van der Waals surface area (Å²) in [6, 6.07) is -1.07. The molecule has 2 atom stereocenters. The summed E-state index contributed by atoms with van der Waals surface area (Å²) < 4.78 is 9.06.